The van der Waals surface area contributed by atoms with E-state index in [9.17, 15) is 18.0 Å². The van der Waals surface area contributed by atoms with Crippen LogP contribution in [0.3, 0.4) is 0 Å². The first-order valence-electron chi connectivity index (χ1n) is 6.93. The van der Waals surface area contributed by atoms with Gasteiger partial charge in [0.1, 0.15) is 5.75 Å². The van der Waals surface area contributed by atoms with Gasteiger partial charge < -0.3 is 14.7 Å². The Balaban J connectivity index is 1.80. The molecule has 0 aromatic heterocycles. The third-order valence-electron chi connectivity index (χ3n) is 4.18. The molecule has 1 aliphatic carbocycles. The molecule has 1 fully saturated rings. The molecule has 0 saturated carbocycles. The van der Waals surface area contributed by atoms with Crippen molar-refractivity contribution in [2.75, 3.05) is 13.1 Å². The van der Waals surface area contributed by atoms with E-state index in [4.69, 9.17) is 5.11 Å². The van der Waals surface area contributed by atoms with Gasteiger partial charge in [-0.25, -0.2) is 4.79 Å². The van der Waals surface area contributed by atoms with Gasteiger partial charge in [0.05, 0.1) is 4.47 Å². The second-order valence-electron chi connectivity index (χ2n) is 5.86. The van der Waals surface area contributed by atoms with Crippen molar-refractivity contribution in [1.29, 1.82) is 0 Å². The maximum Gasteiger partial charge on any atom is 0.573 e. The molecule has 1 heterocycles. The fourth-order valence-electron chi connectivity index (χ4n) is 3.13. The third-order valence-corrected chi connectivity index (χ3v) is 4.84. The van der Waals surface area contributed by atoms with Gasteiger partial charge in [-0.1, -0.05) is 12.1 Å². The third kappa shape index (κ3) is 3.31. The molecule has 1 aromatic carbocycles. The van der Waals surface area contributed by atoms with E-state index in [0.717, 1.165) is 12.0 Å². The van der Waals surface area contributed by atoms with Crippen LogP contribution >= 0.6 is 15.9 Å². The van der Waals surface area contributed by atoms with Crippen LogP contribution in [0, 0.1) is 5.41 Å². The van der Waals surface area contributed by atoms with Crippen molar-refractivity contribution in [2.45, 2.75) is 19.2 Å². The summed E-state index contributed by atoms with van der Waals surface area (Å²) < 4.78 is 41.5. The lowest BCUT2D eigenvalue weighted by molar-refractivity contribution is -0.274. The minimum absolute atomic E-state index is 0.175. The number of carboxylic acid groups (broad SMARTS) is 1. The number of carbonyl (C=O) groups is 1. The number of hydrogen-bond donors (Lipinski definition) is 1. The summed E-state index contributed by atoms with van der Waals surface area (Å²) in [6.45, 7) is 0.878. The average Bonchev–Trinajstić information content (AvgIpc) is 2.83. The van der Waals surface area contributed by atoms with Crippen molar-refractivity contribution >= 4 is 27.6 Å². The lowest BCUT2D eigenvalue weighted by Gasteiger charge is -2.45. The molecule has 124 valence electrons. The summed E-state index contributed by atoms with van der Waals surface area (Å²) in [6, 6.07) is 4.61. The topological polar surface area (TPSA) is 49.8 Å². The minimum atomic E-state index is -4.75. The summed E-state index contributed by atoms with van der Waals surface area (Å²) in [5.41, 5.74) is 1.42. The van der Waals surface area contributed by atoms with Gasteiger partial charge in [0.2, 0.25) is 0 Å². The van der Waals surface area contributed by atoms with Crippen LogP contribution in [0.25, 0.3) is 5.57 Å². The Hall–Kier alpha value is -1.70. The molecule has 1 spiro atoms. The molecule has 1 N–H and O–H groups in total. The molecule has 0 unspecified atom stereocenters. The van der Waals surface area contributed by atoms with E-state index in [2.05, 4.69) is 20.7 Å². The SMILES string of the molecule is O=C(O)N1CC2(C=C(c3ccc(Br)c(OC(F)(F)F)c3)CC2)C1. The molecule has 1 saturated heterocycles. The largest absolute Gasteiger partial charge is 0.573 e. The number of amides is 1. The zero-order chi connectivity index (χ0) is 16.8. The Bertz CT molecular complexity index is 681. The van der Waals surface area contributed by atoms with Crippen molar-refractivity contribution in [3.05, 3.63) is 34.3 Å². The second kappa shape index (κ2) is 5.43. The van der Waals surface area contributed by atoms with E-state index in [-0.39, 0.29) is 15.6 Å². The summed E-state index contributed by atoms with van der Waals surface area (Å²) in [7, 11) is 0. The number of rotatable bonds is 2. The highest BCUT2D eigenvalue weighted by atomic mass is 79.9. The Morgan fingerprint density at radius 1 is 1.35 bits per heavy atom. The van der Waals surface area contributed by atoms with Crippen molar-refractivity contribution in [2.24, 2.45) is 5.41 Å². The van der Waals surface area contributed by atoms with Crippen molar-refractivity contribution < 1.29 is 27.8 Å². The van der Waals surface area contributed by atoms with Crippen LogP contribution in [-0.4, -0.2) is 35.6 Å². The van der Waals surface area contributed by atoms with Crippen LogP contribution < -0.4 is 4.74 Å². The number of alkyl halides is 3. The molecule has 3 rings (SSSR count). The standard InChI is InChI=1S/C15H13BrF3NO3/c16-11-2-1-9(5-12(11)23-15(17,18)19)10-3-4-14(6-10)7-20(8-14)13(21)22/h1-2,5-6H,3-4,7-8H2,(H,21,22). The molecule has 1 amide bonds. The van der Waals surface area contributed by atoms with E-state index >= 15 is 0 Å². The Kier molecular flexibility index (Phi) is 3.82. The van der Waals surface area contributed by atoms with Gasteiger partial charge in [-0.2, -0.15) is 0 Å². The molecule has 4 nitrogen and oxygen atoms in total. The fraction of sp³-hybridized carbons (Fsp3) is 0.400. The fourth-order valence-corrected chi connectivity index (χ4v) is 3.46. The Morgan fingerprint density at radius 3 is 2.65 bits per heavy atom. The first-order valence-corrected chi connectivity index (χ1v) is 7.72. The highest BCUT2D eigenvalue weighted by Crippen LogP contribution is 2.47. The second-order valence-corrected chi connectivity index (χ2v) is 6.72. The van der Waals surface area contributed by atoms with Crippen molar-refractivity contribution in [3.63, 3.8) is 0 Å². The van der Waals surface area contributed by atoms with Crippen LogP contribution in [0.15, 0.2) is 28.7 Å². The lowest BCUT2D eigenvalue weighted by atomic mass is 9.80. The molecule has 1 aliphatic heterocycles. The number of ether oxygens (including phenoxy) is 1. The highest BCUT2D eigenvalue weighted by Gasteiger charge is 2.46. The first-order chi connectivity index (χ1) is 10.7. The molecular weight excluding hydrogens is 379 g/mol. The predicted octanol–water partition coefficient (Wildman–Crippen LogP) is 4.50. The Labute approximate surface area is 138 Å². The maximum absolute atomic E-state index is 12.4. The summed E-state index contributed by atoms with van der Waals surface area (Å²) in [5, 5.41) is 8.91. The smallest absolute Gasteiger partial charge is 0.465 e. The molecule has 0 radical (unpaired) electrons. The monoisotopic (exact) mass is 391 g/mol. The predicted molar refractivity (Wildman–Crippen MR) is 80.1 cm³/mol. The Morgan fingerprint density at radius 2 is 2.04 bits per heavy atom. The normalized spacial score (nSPS) is 19.5. The van der Waals surface area contributed by atoms with Gasteiger partial charge in [0.25, 0.3) is 0 Å². The van der Waals surface area contributed by atoms with Gasteiger partial charge >= 0.3 is 12.5 Å². The van der Waals surface area contributed by atoms with E-state index in [1.807, 2.05) is 6.08 Å². The summed E-state index contributed by atoms with van der Waals surface area (Å²) in [4.78, 5) is 12.2. The number of nitrogens with zero attached hydrogens (tertiary/aromatic N) is 1. The van der Waals surface area contributed by atoms with Gasteiger partial charge in [-0.05, 0) is 52.0 Å². The molecule has 0 bridgehead atoms. The molecule has 1 aromatic rings. The molecule has 0 atom stereocenters. The average molecular weight is 392 g/mol. The quantitative estimate of drug-likeness (QED) is 0.806. The summed E-state index contributed by atoms with van der Waals surface area (Å²) in [5.74, 6) is -0.280. The van der Waals surface area contributed by atoms with E-state index < -0.39 is 12.5 Å². The van der Waals surface area contributed by atoms with E-state index in [1.54, 1.807) is 6.07 Å². The van der Waals surface area contributed by atoms with Crippen LogP contribution in [0.4, 0.5) is 18.0 Å². The summed E-state index contributed by atoms with van der Waals surface area (Å²) >= 11 is 3.05. The minimum Gasteiger partial charge on any atom is -0.465 e. The highest BCUT2D eigenvalue weighted by molar-refractivity contribution is 9.10. The number of benzene rings is 1. The molecule has 2 aliphatic rings. The maximum atomic E-state index is 12.4. The molecule has 23 heavy (non-hydrogen) atoms. The zero-order valence-electron chi connectivity index (χ0n) is 11.9. The van der Waals surface area contributed by atoms with E-state index in [1.165, 1.54) is 17.0 Å². The van der Waals surface area contributed by atoms with Crippen LogP contribution in [0.2, 0.25) is 0 Å². The van der Waals surface area contributed by atoms with Gasteiger partial charge in [-0.3, -0.25) is 0 Å². The first kappa shape index (κ1) is 16.2. The molecule has 8 heteroatoms. The number of halogens is 4. The van der Waals surface area contributed by atoms with Crippen LogP contribution in [0.5, 0.6) is 5.75 Å². The van der Waals surface area contributed by atoms with Gasteiger partial charge in [0.15, 0.2) is 0 Å². The van der Waals surface area contributed by atoms with Gasteiger partial charge in [-0.15, -0.1) is 13.2 Å². The molecular formula is C15H13BrF3NO3. The summed E-state index contributed by atoms with van der Waals surface area (Å²) in [6.07, 6.45) is -2.19. The van der Waals surface area contributed by atoms with Gasteiger partial charge in [0, 0.05) is 18.5 Å². The zero-order valence-corrected chi connectivity index (χ0v) is 13.4. The van der Waals surface area contributed by atoms with Crippen LogP contribution in [0.1, 0.15) is 18.4 Å². The number of likely N-dealkylation sites (tertiary alicyclic amines) is 1. The van der Waals surface area contributed by atoms with Crippen molar-refractivity contribution in [1.82, 2.24) is 4.90 Å². The number of hydrogen-bond acceptors (Lipinski definition) is 2. The van der Waals surface area contributed by atoms with Crippen LogP contribution in [-0.2, 0) is 0 Å². The number of allylic oxidation sites excluding steroid dienone is 1. The lowest BCUT2D eigenvalue weighted by Crippen LogP contribution is -2.56. The van der Waals surface area contributed by atoms with E-state index in [0.29, 0.717) is 25.1 Å². The van der Waals surface area contributed by atoms with Crippen molar-refractivity contribution in [3.8, 4) is 5.75 Å².